The van der Waals surface area contributed by atoms with Gasteiger partial charge in [0.2, 0.25) is 5.91 Å². The first-order chi connectivity index (χ1) is 19.9. The molecule has 1 aliphatic carbocycles. The summed E-state index contributed by atoms with van der Waals surface area (Å²) in [6.45, 7) is 2.21. The van der Waals surface area contributed by atoms with Crippen LogP contribution in [-0.2, 0) is 16.6 Å². The van der Waals surface area contributed by atoms with Gasteiger partial charge in [-0.1, -0.05) is 43.5 Å². The number of H-pyrrole nitrogens is 2. The van der Waals surface area contributed by atoms with E-state index in [1.807, 2.05) is 67.1 Å². The van der Waals surface area contributed by atoms with E-state index in [2.05, 4.69) is 31.7 Å². The number of nitrogens with zero attached hydrogens (tertiary/aromatic N) is 1. The van der Waals surface area contributed by atoms with Crippen molar-refractivity contribution in [3.63, 3.8) is 0 Å². The molecule has 3 aromatic heterocycles. The van der Waals surface area contributed by atoms with Crippen LogP contribution in [0, 0.1) is 0 Å². The predicted octanol–water partition coefficient (Wildman–Crippen LogP) is 6.15. The zero-order chi connectivity index (χ0) is 28.3. The molecule has 0 unspecified atom stereocenters. The van der Waals surface area contributed by atoms with Crippen molar-refractivity contribution >= 4 is 33.8 Å². The van der Waals surface area contributed by atoms with Crippen LogP contribution >= 0.6 is 0 Å². The van der Waals surface area contributed by atoms with E-state index in [1.165, 1.54) is 6.42 Å². The molecule has 2 aromatic carbocycles. The minimum absolute atomic E-state index is 0.233. The lowest BCUT2D eigenvalue weighted by Gasteiger charge is -2.38. The summed E-state index contributed by atoms with van der Waals surface area (Å²) in [7, 11) is 0. The van der Waals surface area contributed by atoms with Crippen molar-refractivity contribution < 1.29 is 14.3 Å². The third kappa shape index (κ3) is 5.55. The maximum Gasteiger partial charge on any atom is 0.413 e. The number of aromatic amines is 2. The van der Waals surface area contributed by atoms with Crippen molar-refractivity contribution in [1.29, 1.82) is 0 Å². The number of benzene rings is 2. The molecule has 0 saturated heterocycles. The van der Waals surface area contributed by atoms with Crippen LogP contribution in [-0.4, -0.2) is 39.0 Å². The zero-order valence-corrected chi connectivity index (χ0v) is 23.2. The largest absolute Gasteiger partial charge is 0.413 e. The number of amides is 2. The molecule has 210 valence electrons. The van der Waals surface area contributed by atoms with Crippen molar-refractivity contribution in [2.45, 2.75) is 56.4 Å². The van der Waals surface area contributed by atoms with Crippen molar-refractivity contribution in [3.05, 3.63) is 96.6 Å². The number of carbonyl (C=O) groups excluding carboxylic acids is 2. The summed E-state index contributed by atoms with van der Waals surface area (Å²) in [4.78, 5) is 38.4. The van der Waals surface area contributed by atoms with E-state index in [9.17, 15) is 9.59 Å². The molecular weight excluding hydrogens is 514 g/mol. The Hall–Kier alpha value is -4.59. The summed E-state index contributed by atoms with van der Waals surface area (Å²) in [6, 6.07) is 21.2. The van der Waals surface area contributed by atoms with Gasteiger partial charge >= 0.3 is 6.09 Å². The average Bonchev–Trinajstić information content (AvgIpc) is 3.63. The first-order valence-electron chi connectivity index (χ1n) is 14.3. The maximum absolute atomic E-state index is 14.1. The second kappa shape index (κ2) is 11.1. The first kappa shape index (κ1) is 26.6. The summed E-state index contributed by atoms with van der Waals surface area (Å²) in [5.41, 5.74) is 2.36. The van der Waals surface area contributed by atoms with Gasteiger partial charge in [0.15, 0.2) is 0 Å². The number of para-hydroxylation sites is 1. The Morgan fingerprint density at radius 3 is 2.63 bits per heavy atom. The Balaban J connectivity index is 1.25. The second-order valence-electron chi connectivity index (χ2n) is 11.3. The van der Waals surface area contributed by atoms with Crippen molar-refractivity contribution in [2.24, 2.45) is 0 Å². The van der Waals surface area contributed by atoms with Crippen LogP contribution in [0.15, 0.2) is 85.3 Å². The van der Waals surface area contributed by atoms with Gasteiger partial charge in [-0.3, -0.25) is 9.78 Å². The van der Waals surface area contributed by atoms with Crippen molar-refractivity contribution in [2.75, 3.05) is 6.54 Å². The van der Waals surface area contributed by atoms with Crippen LogP contribution < -0.4 is 15.4 Å². The Morgan fingerprint density at radius 2 is 1.80 bits per heavy atom. The molecule has 41 heavy (non-hydrogen) atoms. The minimum Gasteiger partial charge on any atom is -0.410 e. The molecule has 8 heteroatoms. The standard InChI is InChI=1S/C33H35N5O3/c1-32(20-24-21-36-28-10-4-3-9-26(24)28,38-31(40)41-25-12-13-27-23(19-25)14-18-34-27)30(39)37-22-33(15-6-2-7-16-33)29-11-5-8-17-35-29/h3-5,8-14,17-19,21,34,36H,2,6-7,15-16,20,22H2,1H3,(H,37,39)(H,38,40)/t32-/m0/s1. The average molecular weight is 550 g/mol. The highest BCUT2D eigenvalue weighted by Crippen LogP contribution is 2.38. The number of rotatable bonds is 8. The van der Waals surface area contributed by atoms with Gasteiger partial charge in [-0.25, -0.2) is 4.79 Å². The minimum atomic E-state index is -1.28. The summed E-state index contributed by atoms with van der Waals surface area (Å²) < 4.78 is 5.67. The highest BCUT2D eigenvalue weighted by molar-refractivity contribution is 5.92. The molecule has 0 spiro atoms. The Bertz CT molecular complexity index is 1670. The van der Waals surface area contributed by atoms with Gasteiger partial charge in [0.05, 0.1) is 0 Å². The number of hydrogen-bond acceptors (Lipinski definition) is 4. The molecule has 5 aromatic rings. The van der Waals surface area contributed by atoms with Crippen molar-refractivity contribution in [1.82, 2.24) is 25.6 Å². The summed E-state index contributed by atoms with van der Waals surface area (Å²) >= 11 is 0. The molecule has 6 rings (SSSR count). The predicted molar refractivity (Wildman–Crippen MR) is 160 cm³/mol. The summed E-state index contributed by atoms with van der Waals surface area (Å²) in [5.74, 6) is 0.141. The van der Waals surface area contributed by atoms with E-state index in [0.29, 0.717) is 12.3 Å². The molecule has 0 bridgehead atoms. The molecule has 1 atom stereocenters. The molecule has 8 nitrogen and oxygen atoms in total. The highest BCUT2D eigenvalue weighted by Gasteiger charge is 2.40. The second-order valence-corrected chi connectivity index (χ2v) is 11.3. The maximum atomic E-state index is 14.1. The van der Waals surface area contributed by atoms with Crippen LogP contribution in [0.4, 0.5) is 4.79 Å². The van der Waals surface area contributed by atoms with E-state index in [1.54, 1.807) is 19.1 Å². The lowest BCUT2D eigenvalue weighted by molar-refractivity contribution is -0.127. The molecule has 1 aliphatic rings. The van der Waals surface area contributed by atoms with Crippen LogP contribution in [0.3, 0.4) is 0 Å². The molecule has 4 N–H and O–H groups in total. The fraction of sp³-hybridized carbons (Fsp3) is 0.303. The van der Waals surface area contributed by atoms with Gasteiger partial charge in [-0.15, -0.1) is 0 Å². The van der Waals surface area contributed by atoms with E-state index in [4.69, 9.17) is 4.74 Å². The van der Waals surface area contributed by atoms with Gasteiger partial charge in [-0.2, -0.15) is 0 Å². The van der Waals surface area contributed by atoms with Gasteiger partial charge in [-0.05, 0) is 67.8 Å². The van der Waals surface area contributed by atoms with E-state index < -0.39 is 11.6 Å². The number of fused-ring (bicyclic) bond motifs is 2. The fourth-order valence-corrected chi connectivity index (χ4v) is 6.17. The van der Waals surface area contributed by atoms with Crippen molar-refractivity contribution in [3.8, 4) is 5.75 Å². The molecule has 0 radical (unpaired) electrons. The molecule has 3 heterocycles. The smallest absolute Gasteiger partial charge is 0.410 e. The van der Waals surface area contributed by atoms with Crippen LogP contribution in [0.5, 0.6) is 5.75 Å². The highest BCUT2D eigenvalue weighted by atomic mass is 16.6. The third-order valence-electron chi connectivity index (χ3n) is 8.44. The molecule has 0 aliphatic heterocycles. The molecular formula is C33H35N5O3. The SMILES string of the molecule is C[C@@](Cc1c[nH]c2ccccc12)(NC(=O)Oc1ccc2[nH]ccc2c1)C(=O)NCC1(c2ccccn2)CCCCC1. The fourth-order valence-electron chi connectivity index (χ4n) is 6.17. The first-order valence-corrected chi connectivity index (χ1v) is 14.3. The van der Waals surface area contributed by atoms with Gasteiger partial charge in [0, 0.05) is 64.5 Å². The molecule has 2 amide bonds. The molecule has 1 fully saturated rings. The van der Waals surface area contributed by atoms with Gasteiger partial charge in [0.1, 0.15) is 11.3 Å². The Kier molecular flexibility index (Phi) is 7.22. The van der Waals surface area contributed by atoms with Gasteiger partial charge in [0.25, 0.3) is 0 Å². The van der Waals surface area contributed by atoms with Crippen LogP contribution in [0.1, 0.15) is 50.3 Å². The number of nitrogens with one attached hydrogen (secondary N) is 4. The lowest BCUT2D eigenvalue weighted by atomic mass is 9.71. The normalized spacial score (nSPS) is 16.2. The lowest BCUT2D eigenvalue weighted by Crippen LogP contribution is -2.60. The number of ether oxygens (including phenoxy) is 1. The zero-order valence-electron chi connectivity index (χ0n) is 23.2. The monoisotopic (exact) mass is 549 g/mol. The Morgan fingerprint density at radius 1 is 0.976 bits per heavy atom. The van der Waals surface area contributed by atoms with Crippen LogP contribution in [0.25, 0.3) is 21.8 Å². The van der Waals surface area contributed by atoms with E-state index in [-0.39, 0.29) is 17.7 Å². The third-order valence-corrected chi connectivity index (χ3v) is 8.44. The topological polar surface area (TPSA) is 112 Å². The Labute approximate surface area is 238 Å². The molecule has 1 saturated carbocycles. The van der Waals surface area contributed by atoms with Crippen LogP contribution in [0.2, 0.25) is 0 Å². The summed E-state index contributed by atoms with van der Waals surface area (Å²) in [5, 5.41) is 8.08. The van der Waals surface area contributed by atoms with E-state index in [0.717, 1.165) is 58.7 Å². The number of pyridine rings is 1. The number of carbonyl (C=O) groups is 2. The number of hydrogen-bond donors (Lipinski definition) is 4. The number of aromatic nitrogens is 3. The quantitative estimate of drug-likeness (QED) is 0.186. The summed E-state index contributed by atoms with van der Waals surface area (Å²) in [6.07, 6.45) is 10.4. The van der Waals surface area contributed by atoms with Gasteiger partial charge < -0.3 is 25.3 Å². The van der Waals surface area contributed by atoms with E-state index >= 15 is 0 Å².